The van der Waals surface area contributed by atoms with E-state index >= 15 is 0 Å². The molecule has 0 saturated carbocycles. The van der Waals surface area contributed by atoms with Crippen LogP contribution in [0.5, 0.6) is 0 Å². The standard InChI is InChI=1S/C12H12N2O6S/c15-11(16)9-2-1-5-14(9)21(18,19)7-3-4-8-10(6-7)20-12(17)13-8/h3-4,6,9H,1-2,5H2,(H,13,17)(H,15,16). The second kappa shape index (κ2) is 4.71. The first-order valence-corrected chi connectivity index (χ1v) is 7.71. The zero-order chi connectivity index (χ0) is 15.2. The minimum Gasteiger partial charge on any atom is -0.480 e. The van der Waals surface area contributed by atoms with E-state index in [0.29, 0.717) is 11.9 Å². The molecule has 0 amide bonds. The lowest BCUT2D eigenvalue weighted by Gasteiger charge is -2.20. The van der Waals surface area contributed by atoms with Gasteiger partial charge in [0.15, 0.2) is 5.58 Å². The minimum absolute atomic E-state index is 0.0918. The number of sulfonamides is 1. The van der Waals surface area contributed by atoms with Crippen LogP contribution in [0.2, 0.25) is 0 Å². The van der Waals surface area contributed by atoms with E-state index in [9.17, 15) is 18.0 Å². The number of aromatic amines is 1. The summed E-state index contributed by atoms with van der Waals surface area (Å²) in [4.78, 5) is 24.5. The quantitative estimate of drug-likeness (QED) is 0.844. The van der Waals surface area contributed by atoms with E-state index in [1.807, 2.05) is 0 Å². The number of carboxylic acid groups (broad SMARTS) is 1. The van der Waals surface area contributed by atoms with Crippen LogP contribution in [0.25, 0.3) is 11.1 Å². The molecule has 1 saturated heterocycles. The molecule has 1 unspecified atom stereocenters. The molecular formula is C12H12N2O6S. The molecule has 1 aliphatic heterocycles. The summed E-state index contributed by atoms with van der Waals surface area (Å²) in [5.41, 5.74) is 0.502. The van der Waals surface area contributed by atoms with Gasteiger partial charge in [0.25, 0.3) is 0 Å². The Morgan fingerprint density at radius 2 is 2.19 bits per heavy atom. The van der Waals surface area contributed by atoms with Crippen molar-refractivity contribution in [2.75, 3.05) is 6.54 Å². The first-order valence-electron chi connectivity index (χ1n) is 6.27. The Labute approximate surface area is 119 Å². The molecule has 2 N–H and O–H groups in total. The van der Waals surface area contributed by atoms with Crippen molar-refractivity contribution >= 4 is 27.1 Å². The Balaban J connectivity index is 2.07. The summed E-state index contributed by atoms with van der Waals surface area (Å²) < 4.78 is 30.9. The summed E-state index contributed by atoms with van der Waals surface area (Å²) >= 11 is 0. The highest BCUT2D eigenvalue weighted by atomic mass is 32.2. The number of hydrogen-bond acceptors (Lipinski definition) is 5. The van der Waals surface area contributed by atoms with Crippen LogP contribution < -0.4 is 5.76 Å². The van der Waals surface area contributed by atoms with E-state index in [-0.39, 0.29) is 23.4 Å². The fourth-order valence-electron chi connectivity index (χ4n) is 2.50. The maximum absolute atomic E-state index is 12.5. The molecule has 1 aliphatic rings. The summed E-state index contributed by atoms with van der Waals surface area (Å²) in [6.07, 6.45) is 0.785. The van der Waals surface area contributed by atoms with Crippen LogP contribution in [0.4, 0.5) is 0 Å². The lowest BCUT2D eigenvalue weighted by Crippen LogP contribution is -2.40. The van der Waals surface area contributed by atoms with E-state index in [1.54, 1.807) is 0 Å². The summed E-state index contributed by atoms with van der Waals surface area (Å²) in [5, 5.41) is 9.10. The van der Waals surface area contributed by atoms with Crippen molar-refractivity contribution in [3.05, 3.63) is 28.7 Å². The number of carbonyl (C=O) groups is 1. The predicted octanol–water partition coefficient (Wildman–Crippen LogP) is 0.359. The zero-order valence-electron chi connectivity index (χ0n) is 10.8. The number of fused-ring (bicyclic) bond motifs is 1. The molecule has 2 aromatic rings. The van der Waals surface area contributed by atoms with E-state index < -0.39 is 27.8 Å². The Morgan fingerprint density at radius 3 is 2.90 bits per heavy atom. The number of H-pyrrole nitrogens is 1. The third-order valence-electron chi connectivity index (χ3n) is 3.49. The number of hydrogen-bond donors (Lipinski definition) is 2. The molecule has 0 aliphatic carbocycles. The highest BCUT2D eigenvalue weighted by Gasteiger charge is 2.39. The third kappa shape index (κ3) is 2.24. The van der Waals surface area contributed by atoms with Crippen LogP contribution in [0.15, 0.2) is 32.3 Å². The van der Waals surface area contributed by atoms with E-state index in [0.717, 1.165) is 4.31 Å². The molecule has 3 rings (SSSR count). The zero-order valence-corrected chi connectivity index (χ0v) is 11.6. The SMILES string of the molecule is O=C(O)C1CCCN1S(=O)(=O)c1ccc2[nH]c(=O)oc2c1. The Hall–Kier alpha value is -2.13. The number of oxazole rings is 1. The average molecular weight is 312 g/mol. The number of aromatic nitrogens is 1. The van der Waals surface area contributed by atoms with Gasteiger partial charge in [-0.25, -0.2) is 13.2 Å². The van der Waals surface area contributed by atoms with Gasteiger partial charge in [0.2, 0.25) is 10.0 Å². The second-order valence-corrected chi connectivity index (χ2v) is 6.68. The molecule has 1 fully saturated rings. The first kappa shape index (κ1) is 13.8. The van der Waals surface area contributed by atoms with Crippen LogP contribution in [0.1, 0.15) is 12.8 Å². The van der Waals surface area contributed by atoms with Crippen LogP contribution in [0, 0.1) is 0 Å². The predicted molar refractivity (Wildman–Crippen MR) is 71.4 cm³/mol. The number of aliphatic carboxylic acids is 1. The molecule has 1 aromatic carbocycles. The van der Waals surface area contributed by atoms with Gasteiger partial charge in [-0.15, -0.1) is 0 Å². The third-order valence-corrected chi connectivity index (χ3v) is 5.39. The van der Waals surface area contributed by atoms with E-state index in [4.69, 9.17) is 9.52 Å². The minimum atomic E-state index is -3.94. The first-order chi connectivity index (χ1) is 9.89. The molecule has 0 bridgehead atoms. The largest absolute Gasteiger partial charge is 0.480 e. The monoisotopic (exact) mass is 312 g/mol. The molecule has 112 valence electrons. The lowest BCUT2D eigenvalue weighted by molar-refractivity contribution is -0.140. The number of benzene rings is 1. The molecule has 0 radical (unpaired) electrons. The maximum Gasteiger partial charge on any atom is 0.417 e. The molecule has 21 heavy (non-hydrogen) atoms. The smallest absolute Gasteiger partial charge is 0.417 e. The summed E-state index contributed by atoms with van der Waals surface area (Å²) in [6, 6.07) is 2.91. The number of rotatable bonds is 3. The van der Waals surface area contributed by atoms with Gasteiger partial charge in [-0.3, -0.25) is 9.78 Å². The van der Waals surface area contributed by atoms with Gasteiger partial charge in [0.1, 0.15) is 6.04 Å². The van der Waals surface area contributed by atoms with Gasteiger partial charge in [-0.05, 0) is 25.0 Å². The molecule has 1 aromatic heterocycles. The van der Waals surface area contributed by atoms with Crippen molar-refractivity contribution in [3.8, 4) is 0 Å². The Bertz CT molecular complexity index is 865. The van der Waals surface area contributed by atoms with Gasteiger partial charge in [-0.1, -0.05) is 0 Å². The Kier molecular flexibility index (Phi) is 3.10. The second-order valence-electron chi connectivity index (χ2n) is 4.78. The summed E-state index contributed by atoms with van der Waals surface area (Å²) in [5.74, 6) is -1.84. The van der Waals surface area contributed by atoms with Gasteiger partial charge in [0.05, 0.1) is 10.4 Å². The van der Waals surface area contributed by atoms with Gasteiger partial charge < -0.3 is 9.52 Å². The highest BCUT2D eigenvalue weighted by molar-refractivity contribution is 7.89. The van der Waals surface area contributed by atoms with E-state index in [2.05, 4.69) is 4.98 Å². The number of nitrogens with zero attached hydrogens (tertiary/aromatic N) is 1. The van der Waals surface area contributed by atoms with Gasteiger partial charge in [-0.2, -0.15) is 4.31 Å². The average Bonchev–Trinajstić information content (AvgIpc) is 3.02. The van der Waals surface area contributed by atoms with Crippen molar-refractivity contribution < 1.29 is 22.7 Å². The Morgan fingerprint density at radius 1 is 1.43 bits per heavy atom. The van der Waals surface area contributed by atoms with Crippen molar-refractivity contribution in [2.24, 2.45) is 0 Å². The fraction of sp³-hybridized carbons (Fsp3) is 0.333. The van der Waals surface area contributed by atoms with Crippen molar-refractivity contribution in [1.82, 2.24) is 9.29 Å². The molecular weight excluding hydrogens is 300 g/mol. The van der Waals surface area contributed by atoms with Crippen molar-refractivity contribution in [3.63, 3.8) is 0 Å². The molecule has 9 heteroatoms. The highest BCUT2D eigenvalue weighted by Crippen LogP contribution is 2.27. The molecule has 2 heterocycles. The van der Waals surface area contributed by atoms with E-state index in [1.165, 1.54) is 18.2 Å². The van der Waals surface area contributed by atoms with Crippen molar-refractivity contribution in [2.45, 2.75) is 23.8 Å². The topological polar surface area (TPSA) is 121 Å². The fourth-order valence-corrected chi connectivity index (χ4v) is 4.16. The maximum atomic E-state index is 12.5. The normalized spacial score (nSPS) is 20.1. The van der Waals surface area contributed by atoms with Crippen molar-refractivity contribution in [1.29, 1.82) is 0 Å². The van der Waals surface area contributed by atoms with Crippen LogP contribution in [-0.2, 0) is 14.8 Å². The molecule has 1 atom stereocenters. The van der Waals surface area contributed by atoms with Crippen LogP contribution in [-0.4, -0.2) is 41.4 Å². The van der Waals surface area contributed by atoms with Crippen LogP contribution >= 0.6 is 0 Å². The van der Waals surface area contributed by atoms with Gasteiger partial charge >= 0.3 is 11.7 Å². The van der Waals surface area contributed by atoms with Gasteiger partial charge in [0, 0.05) is 12.6 Å². The summed E-state index contributed by atoms with van der Waals surface area (Å²) in [6.45, 7) is 0.161. The lowest BCUT2D eigenvalue weighted by atomic mass is 10.2. The number of carboxylic acids is 1. The molecule has 8 nitrogen and oxygen atoms in total. The van der Waals surface area contributed by atoms with Crippen LogP contribution in [0.3, 0.4) is 0 Å². The summed E-state index contributed by atoms with van der Waals surface area (Å²) in [7, 11) is -3.94. The number of nitrogens with one attached hydrogen (secondary N) is 1. The molecule has 0 spiro atoms.